The van der Waals surface area contributed by atoms with Gasteiger partial charge >= 0.3 is 0 Å². The van der Waals surface area contributed by atoms with Gasteiger partial charge in [-0.25, -0.2) is 0 Å². The molecule has 2 atom stereocenters. The standard InChI is InChI=1S/C18H27NO/c1-13(2)14-7-6-8-15(11-14)20-17-12-16(19-3)18(17)9-4-5-10-18/h6-8,11,13,16-17,19H,4-5,9-10,12H2,1-3H3. The van der Waals surface area contributed by atoms with E-state index >= 15 is 0 Å². The molecule has 0 aliphatic heterocycles. The molecule has 2 saturated carbocycles. The molecular weight excluding hydrogens is 246 g/mol. The minimum atomic E-state index is 0.405. The molecule has 0 heterocycles. The van der Waals surface area contributed by atoms with Gasteiger partial charge in [-0.05, 0) is 43.5 Å². The van der Waals surface area contributed by atoms with Crippen molar-refractivity contribution in [3.8, 4) is 5.75 Å². The molecule has 2 fully saturated rings. The molecule has 20 heavy (non-hydrogen) atoms. The molecule has 2 aliphatic rings. The smallest absolute Gasteiger partial charge is 0.120 e. The molecule has 0 radical (unpaired) electrons. The number of ether oxygens (including phenoxy) is 1. The second-order valence-electron chi connectivity index (χ2n) is 6.85. The van der Waals surface area contributed by atoms with Crippen LogP contribution in [0.3, 0.4) is 0 Å². The first kappa shape index (κ1) is 13.9. The summed E-state index contributed by atoms with van der Waals surface area (Å²) in [4.78, 5) is 0. The Morgan fingerprint density at radius 2 is 2.00 bits per heavy atom. The Labute approximate surface area is 122 Å². The van der Waals surface area contributed by atoms with Crippen LogP contribution in [0.25, 0.3) is 0 Å². The summed E-state index contributed by atoms with van der Waals surface area (Å²) in [6, 6.07) is 9.31. The second-order valence-corrected chi connectivity index (χ2v) is 6.85. The molecule has 1 N–H and O–H groups in total. The van der Waals surface area contributed by atoms with Gasteiger partial charge in [0.05, 0.1) is 0 Å². The maximum absolute atomic E-state index is 6.37. The maximum Gasteiger partial charge on any atom is 0.120 e. The van der Waals surface area contributed by atoms with E-state index in [0.717, 1.165) is 12.2 Å². The molecule has 2 unspecified atom stereocenters. The van der Waals surface area contributed by atoms with Crippen LogP contribution in [0.15, 0.2) is 24.3 Å². The number of benzene rings is 1. The van der Waals surface area contributed by atoms with E-state index < -0.39 is 0 Å². The zero-order chi connectivity index (χ0) is 14.2. The fraction of sp³-hybridized carbons (Fsp3) is 0.667. The van der Waals surface area contributed by atoms with Crippen molar-refractivity contribution < 1.29 is 4.74 Å². The van der Waals surface area contributed by atoms with Gasteiger partial charge < -0.3 is 10.1 Å². The van der Waals surface area contributed by atoms with Gasteiger partial charge in [0, 0.05) is 17.9 Å². The molecule has 0 saturated heterocycles. The minimum absolute atomic E-state index is 0.405. The average molecular weight is 273 g/mol. The van der Waals surface area contributed by atoms with Crippen LogP contribution in [-0.4, -0.2) is 19.2 Å². The van der Waals surface area contributed by atoms with Gasteiger partial charge in [-0.15, -0.1) is 0 Å². The highest BCUT2D eigenvalue weighted by atomic mass is 16.5. The monoisotopic (exact) mass is 273 g/mol. The zero-order valence-electron chi connectivity index (χ0n) is 13.0. The van der Waals surface area contributed by atoms with E-state index in [-0.39, 0.29) is 0 Å². The molecule has 2 heteroatoms. The Morgan fingerprint density at radius 3 is 2.65 bits per heavy atom. The highest BCUT2D eigenvalue weighted by Gasteiger charge is 2.56. The molecule has 3 rings (SSSR count). The summed E-state index contributed by atoms with van der Waals surface area (Å²) in [5, 5.41) is 3.50. The first-order chi connectivity index (χ1) is 9.65. The average Bonchev–Trinajstić information content (AvgIpc) is 2.95. The van der Waals surface area contributed by atoms with Crippen molar-refractivity contribution in [1.82, 2.24) is 5.32 Å². The Balaban J connectivity index is 1.73. The Hall–Kier alpha value is -1.02. The van der Waals surface area contributed by atoms with E-state index in [1.807, 2.05) is 0 Å². The third kappa shape index (κ3) is 2.24. The Bertz CT molecular complexity index is 462. The Morgan fingerprint density at radius 1 is 1.25 bits per heavy atom. The highest BCUT2D eigenvalue weighted by Crippen LogP contribution is 2.54. The summed E-state index contributed by atoms with van der Waals surface area (Å²) < 4.78 is 6.37. The molecule has 1 aromatic rings. The molecule has 2 aliphatic carbocycles. The van der Waals surface area contributed by atoms with E-state index in [1.165, 1.54) is 31.2 Å². The molecule has 110 valence electrons. The van der Waals surface area contributed by atoms with E-state index in [0.29, 0.717) is 23.5 Å². The van der Waals surface area contributed by atoms with Crippen molar-refractivity contribution in [3.63, 3.8) is 0 Å². The van der Waals surface area contributed by atoms with Crippen LogP contribution >= 0.6 is 0 Å². The van der Waals surface area contributed by atoms with Gasteiger partial charge in [0.2, 0.25) is 0 Å². The van der Waals surface area contributed by atoms with Crippen LogP contribution < -0.4 is 10.1 Å². The molecule has 0 amide bonds. The van der Waals surface area contributed by atoms with E-state index in [9.17, 15) is 0 Å². The van der Waals surface area contributed by atoms with Crippen LogP contribution in [-0.2, 0) is 0 Å². The van der Waals surface area contributed by atoms with Crippen LogP contribution in [0.1, 0.15) is 57.4 Å². The summed E-state index contributed by atoms with van der Waals surface area (Å²) in [6.07, 6.45) is 6.95. The Kier molecular flexibility index (Phi) is 3.76. The summed E-state index contributed by atoms with van der Waals surface area (Å²) >= 11 is 0. The van der Waals surface area contributed by atoms with Crippen LogP contribution in [0, 0.1) is 5.41 Å². The lowest BCUT2D eigenvalue weighted by Gasteiger charge is -2.53. The number of nitrogens with one attached hydrogen (secondary N) is 1. The SMILES string of the molecule is CNC1CC(Oc2cccc(C(C)C)c2)C12CCCC2. The summed E-state index contributed by atoms with van der Waals surface area (Å²) in [7, 11) is 2.10. The highest BCUT2D eigenvalue weighted by molar-refractivity contribution is 5.31. The van der Waals surface area contributed by atoms with Crippen molar-refractivity contribution in [3.05, 3.63) is 29.8 Å². The molecular formula is C18H27NO. The first-order valence-electron chi connectivity index (χ1n) is 8.09. The number of hydrogen-bond acceptors (Lipinski definition) is 2. The third-order valence-corrected chi connectivity index (χ3v) is 5.47. The minimum Gasteiger partial charge on any atom is -0.490 e. The quantitative estimate of drug-likeness (QED) is 0.891. The molecule has 0 aromatic heterocycles. The lowest BCUT2D eigenvalue weighted by atomic mass is 9.60. The van der Waals surface area contributed by atoms with Gasteiger partial charge in [-0.3, -0.25) is 0 Å². The normalized spacial score (nSPS) is 27.8. The molecule has 2 nitrogen and oxygen atoms in total. The van der Waals surface area contributed by atoms with E-state index in [4.69, 9.17) is 4.74 Å². The predicted molar refractivity (Wildman–Crippen MR) is 83.3 cm³/mol. The van der Waals surface area contributed by atoms with Gasteiger partial charge in [-0.1, -0.05) is 38.8 Å². The third-order valence-electron chi connectivity index (χ3n) is 5.47. The van der Waals surface area contributed by atoms with Crippen LogP contribution in [0.4, 0.5) is 0 Å². The number of rotatable bonds is 4. The van der Waals surface area contributed by atoms with Crippen molar-refractivity contribution in [2.45, 2.75) is 64.0 Å². The topological polar surface area (TPSA) is 21.3 Å². The fourth-order valence-corrected chi connectivity index (χ4v) is 4.13. The summed E-state index contributed by atoms with van der Waals surface area (Å²) in [5.41, 5.74) is 1.77. The second kappa shape index (κ2) is 5.40. The van der Waals surface area contributed by atoms with Crippen molar-refractivity contribution in [1.29, 1.82) is 0 Å². The van der Waals surface area contributed by atoms with Gasteiger partial charge in [0.15, 0.2) is 0 Å². The summed E-state index contributed by atoms with van der Waals surface area (Å²) in [6.45, 7) is 4.47. The molecule has 0 bridgehead atoms. The fourth-order valence-electron chi connectivity index (χ4n) is 4.13. The molecule has 1 spiro atoms. The van der Waals surface area contributed by atoms with Crippen LogP contribution in [0.5, 0.6) is 5.75 Å². The zero-order valence-corrected chi connectivity index (χ0v) is 13.0. The van der Waals surface area contributed by atoms with Crippen LogP contribution in [0.2, 0.25) is 0 Å². The van der Waals surface area contributed by atoms with Gasteiger partial charge in [0.1, 0.15) is 11.9 Å². The predicted octanol–water partition coefficient (Wildman–Crippen LogP) is 4.11. The summed E-state index contributed by atoms with van der Waals surface area (Å²) in [5.74, 6) is 1.62. The largest absolute Gasteiger partial charge is 0.490 e. The van der Waals surface area contributed by atoms with Gasteiger partial charge in [0.25, 0.3) is 0 Å². The van der Waals surface area contributed by atoms with E-state index in [2.05, 4.69) is 50.5 Å². The van der Waals surface area contributed by atoms with Crippen molar-refractivity contribution in [2.75, 3.05) is 7.05 Å². The first-order valence-corrected chi connectivity index (χ1v) is 8.09. The number of hydrogen-bond donors (Lipinski definition) is 1. The van der Waals surface area contributed by atoms with Crippen molar-refractivity contribution >= 4 is 0 Å². The van der Waals surface area contributed by atoms with Crippen molar-refractivity contribution in [2.24, 2.45) is 5.41 Å². The lowest BCUT2D eigenvalue weighted by Crippen LogP contribution is -2.63. The van der Waals surface area contributed by atoms with E-state index in [1.54, 1.807) is 0 Å². The van der Waals surface area contributed by atoms with Gasteiger partial charge in [-0.2, -0.15) is 0 Å². The lowest BCUT2D eigenvalue weighted by molar-refractivity contribution is -0.0736. The maximum atomic E-state index is 6.37. The molecule has 1 aromatic carbocycles.